The fraction of sp³-hybridized carbons (Fsp3) is 0.550. The molecule has 0 spiro atoms. The standard InChI is InChI=1S/C20H24N4O/c1-14-10-16(7-6-15-4-5-15)11-21-19(14)18-13-24(23-22-18)12-17-8-9-20(2,3)25-17/h10-11,13,15,17H,4-5,8-9,12H2,1-3H3/t17-/m1/s1. The first kappa shape index (κ1) is 16.3. The van der Waals surface area contributed by atoms with Crippen LogP contribution in [-0.2, 0) is 11.3 Å². The highest BCUT2D eigenvalue weighted by Crippen LogP contribution is 2.30. The maximum Gasteiger partial charge on any atom is 0.131 e. The van der Waals surface area contributed by atoms with Gasteiger partial charge in [0, 0.05) is 17.7 Å². The summed E-state index contributed by atoms with van der Waals surface area (Å²) in [7, 11) is 0. The Hall–Kier alpha value is -2.19. The average Bonchev–Trinajstić information content (AvgIpc) is 3.18. The maximum atomic E-state index is 6.04. The van der Waals surface area contributed by atoms with E-state index < -0.39 is 0 Å². The zero-order valence-corrected chi connectivity index (χ0v) is 15.1. The Balaban J connectivity index is 1.47. The third-order valence-electron chi connectivity index (χ3n) is 4.80. The van der Waals surface area contributed by atoms with E-state index in [4.69, 9.17) is 4.74 Å². The zero-order valence-electron chi connectivity index (χ0n) is 15.1. The van der Waals surface area contributed by atoms with Gasteiger partial charge < -0.3 is 4.74 Å². The molecule has 0 aromatic carbocycles. The van der Waals surface area contributed by atoms with Crippen molar-refractivity contribution in [2.24, 2.45) is 5.92 Å². The smallest absolute Gasteiger partial charge is 0.131 e. The fourth-order valence-electron chi connectivity index (χ4n) is 3.24. The molecule has 0 radical (unpaired) electrons. The molecule has 1 aliphatic carbocycles. The van der Waals surface area contributed by atoms with E-state index in [0.717, 1.165) is 41.9 Å². The molecule has 2 fully saturated rings. The molecule has 2 aromatic rings. The summed E-state index contributed by atoms with van der Waals surface area (Å²) in [6.07, 6.45) is 8.62. The largest absolute Gasteiger partial charge is 0.370 e. The van der Waals surface area contributed by atoms with Gasteiger partial charge in [0.05, 0.1) is 30.1 Å². The fourth-order valence-corrected chi connectivity index (χ4v) is 3.24. The summed E-state index contributed by atoms with van der Waals surface area (Å²) in [5, 5.41) is 8.55. The molecule has 1 saturated carbocycles. The summed E-state index contributed by atoms with van der Waals surface area (Å²) >= 11 is 0. The summed E-state index contributed by atoms with van der Waals surface area (Å²) in [6.45, 7) is 7.06. The van der Waals surface area contributed by atoms with Crippen molar-refractivity contribution in [3.63, 3.8) is 0 Å². The topological polar surface area (TPSA) is 52.8 Å². The van der Waals surface area contributed by atoms with E-state index in [1.165, 1.54) is 12.8 Å². The molecular weight excluding hydrogens is 312 g/mol. The third kappa shape index (κ3) is 3.91. The van der Waals surface area contributed by atoms with Crippen LogP contribution in [0.2, 0.25) is 0 Å². The lowest BCUT2D eigenvalue weighted by atomic mass is 10.1. The second-order valence-electron chi connectivity index (χ2n) is 7.80. The van der Waals surface area contributed by atoms with Crippen LogP contribution < -0.4 is 0 Å². The van der Waals surface area contributed by atoms with E-state index in [9.17, 15) is 0 Å². The minimum Gasteiger partial charge on any atom is -0.370 e. The molecule has 0 bridgehead atoms. The van der Waals surface area contributed by atoms with Crippen molar-refractivity contribution in [3.05, 3.63) is 29.6 Å². The van der Waals surface area contributed by atoms with Gasteiger partial charge in [-0.15, -0.1) is 5.10 Å². The normalized spacial score (nSPS) is 21.8. The van der Waals surface area contributed by atoms with Gasteiger partial charge in [-0.3, -0.25) is 4.98 Å². The summed E-state index contributed by atoms with van der Waals surface area (Å²) in [6, 6.07) is 2.08. The lowest BCUT2D eigenvalue weighted by molar-refractivity contribution is -0.0231. The first-order valence-corrected chi connectivity index (χ1v) is 9.05. The molecule has 0 N–H and O–H groups in total. The number of hydrogen-bond acceptors (Lipinski definition) is 4. The molecule has 25 heavy (non-hydrogen) atoms. The highest BCUT2D eigenvalue weighted by Gasteiger charge is 2.32. The summed E-state index contributed by atoms with van der Waals surface area (Å²) in [5.74, 6) is 7.09. The predicted molar refractivity (Wildman–Crippen MR) is 95.8 cm³/mol. The van der Waals surface area contributed by atoms with Crippen LogP contribution in [0.1, 0.15) is 50.7 Å². The van der Waals surface area contributed by atoms with Gasteiger partial charge in [-0.1, -0.05) is 17.1 Å². The van der Waals surface area contributed by atoms with Crippen LogP contribution in [-0.4, -0.2) is 31.7 Å². The number of aryl methyl sites for hydroxylation is 1. The van der Waals surface area contributed by atoms with Crippen LogP contribution in [0.4, 0.5) is 0 Å². The molecule has 1 saturated heterocycles. The van der Waals surface area contributed by atoms with Gasteiger partial charge in [0.1, 0.15) is 5.69 Å². The highest BCUT2D eigenvalue weighted by atomic mass is 16.5. The molecule has 3 heterocycles. The monoisotopic (exact) mass is 336 g/mol. The van der Waals surface area contributed by atoms with Crippen LogP contribution >= 0.6 is 0 Å². The first-order valence-electron chi connectivity index (χ1n) is 9.05. The third-order valence-corrected chi connectivity index (χ3v) is 4.80. The van der Waals surface area contributed by atoms with Crippen LogP contribution in [0.5, 0.6) is 0 Å². The number of aromatic nitrogens is 4. The van der Waals surface area contributed by atoms with Crippen LogP contribution in [0.3, 0.4) is 0 Å². The highest BCUT2D eigenvalue weighted by molar-refractivity contribution is 5.58. The summed E-state index contributed by atoms with van der Waals surface area (Å²) in [5.41, 5.74) is 3.70. The minimum absolute atomic E-state index is 0.0243. The molecule has 2 aliphatic rings. The van der Waals surface area contributed by atoms with E-state index >= 15 is 0 Å². The molecule has 5 heteroatoms. The zero-order chi connectivity index (χ0) is 17.4. The molecule has 2 aromatic heterocycles. The quantitative estimate of drug-likeness (QED) is 0.807. The van der Waals surface area contributed by atoms with Gasteiger partial charge in [-0.25, -0.2) is 4.68 Å². The summed E-state index contributed by atoms with van der Waals surface area (Å²) in [4.78, 5) is 4.57. The van der Waals surface area contributed by atoms with Crippen LogP contribution in [0.25, 0.3) is 11.4 Å². The number of rotatable bonds is 3. The van der Waals surface area contributed by atoms with Crippen molar-refractivity contribution in [2.45, 2.75) is 64.7 Å². The Morgan fingerprint density at radius 3 is 2.84 bits per heavy atom. The first-order chi connectivity index (χ1) is 12.0. The Morgan fingerprint density at radius 2 is 2.16 bits per heavy atom. The van der Waals surface area contributed by atoms with E-state index in [1.807, 2.05) is 24.0 Å². The Kier molecular flexibility index (Phi) is 4.09. The number of ether oxygens (including phenoxy) is 1. The second-order valence-corrected chi connectivity index (χ2v) is 7.80. The van der Waals surface area contributed by atoms with Crippen LogP contribution in [0.15, 0.2) is 18.5 Å². The average molecular weight is 336 g/mol. The van der Waals surface area contributed by atoms with Crippen molar-refractivity contribution >= 4 is 0 Å². The predicted octanol–water partition coefficient (Wildman–Crippen LogP) is 3.37. The maximum absolute atomic E-state index is 6.04. The summed E-state index contributed by atoms with van der Waals surface area (Å²) < 4.78 is 7.90. The van der Waals surface area contributed by atoms with Gasteiger partial charge in [-0.05, 0) is 58.1 Å². The van der Waals surface area contributed by atoms with E-state index in [-0.39, 0.29) is 11.7 Å². The Bertz CT molecular complexity index is 839. The van der Waals surface area contributed by atoms with Gasteiger partial charge >= 0.3 is 0 Å². The lowest BCUT2D eigenvalue weighted by Crippen LogP contribution is -2.23. The van der Waals surface area contributed by atoms with Crippen molar-refractivity contribution in [1.29, 1.82) is 0 Å². The lowest BCUT2D eigenvalue weighted by Gasteiger charge is -2.18. The van der Waals surface area contributed by atoms with E-state index in [0.29, 0.717) is 5.92 Å². The molecule has 1 atom stereocenters. The Morgan fingerprint density at radius 1 is 1.32 bits per heavy atom. The molecule has 0 unspecified atom stereocenters. The van der Waals surface area contributed by atoms with Crippen molar-refractivity contribution in [3.8, 4) is 23.2 Å². The van der Waals surface area contributed by atoms with Crippen molar-refractivity contribution in [2.75, 3.05) is 0 Å². The van der Waals surface area contributed by atoms with E-state index in [2.05, 4.69) is 47.1 Å². The molecular formula is C20H24N4O. The SMILES string of the molecule is Cc1cc(C#CC2CC2)cnc1-c1cn(C[C@H]2CCC(C)(C)O2)nn1. The minimum atomic E-state index is -0.0243. The molecule has 130 valence electrons. The van der Waals surface area contributed by atoms with E-state index in [1.54, 1.807) is 0 Å². The molecule has 0 amide bonds. The van der Waals surface area contributed by atoms with Crippen molar-refractivity contribution < 1.29 is 4.74 Å². The number of hydrogen-bond donors (Lipinski definition) is 0. The Labute approximate surface area is 148 Å². The van der Waals surface area contributed by atoms with Gasteiger partial charge in [0.2, 0.25) is 0 Å². The molecule has 4 rings (SSSR count). The van der Waals surface area contributed by atoms with Gasteiger partial charge in [-0.2, -0.15) is 0 Å². The number of nitrogens with zero attached hydrogens (tertiary/aromatic N) is 4. The second kappa shape index (κ2) is 6.27. The molecule has 5 nitrogen and oxygen atoms in total. The van der Waals surface area contributed by atoms with Gasteiger partial charge in [0.15, 0.2) is 0 Å². The van der Waals surface area contributed by atoms with Crippen molar-refractivity contribution in [1.82, 2.24) is 20.0 Å². The molecule has 1 aliphatic heterocycles. The van der Waals surface area contributed by atoms with Gasteiger partial charge in [0.25, 0.3) is 0 Å². The van der Waals surface area contributed by atoms with Crippen LogP contribution in [0, 0.1) is 24.7 Å². The number of pyridine rings is 1.